The van der Waals surface area contributed by atoms with Crippen LogP contribution in [0, 0.1) is 0 Å². The number of ether oxygens (including phenoxy) is 2. The van der Waals surface area contributed by atoms with Gasteiger partial charge >= 0.3 is 6.09 Å². The topological polar surface area (TPSA) is 120 Å². The molecule has 1 aliphatic carbocycles. The number of anilines is 1. The highest BCUT2D eigenvalue weighted by Crippen LogP contribution is 2.41. The minimum atomic E-state index is -0.983. The molecule has 0 radical (unpaired) electrons. The van der Waals surface area contributed by atoms with Gasteiger partial charge in [0.25, 0.3) is 0 Å². The normalized spacial score (nSPS) is 18.3. The fourth-order valence-electron chi connectivity index (χ4n) is 4.57. The number of carboxylic acid groups (broad SMARTS) is 1. The number of carbonyl (C=O) groups is 1. The number of furan rings is 1. The molecule has 4 N–H and O–H groups in total. The fourth-order valence-corrected chi connectivity index (χ4v) is 4.57. The van der Waals surface area contributed by atoms with Crippen LogP contribution in [-0.2, 0) is 0 Å². The van der Waals surface area contributed by atoms with Gasteiger partial charge in [-0.15, -0.1) is 0 Å². The third-order valence-electron chi connectivity index (χ3n) is 6.17. The van der Waals surface area contributed by atoms with E-state index in [0.717, 1.165) is 47.6 Å². The molecule has 8 nitrogen and oxygen atoms in total. The summed E-state index contributed by atoms with van der Waals surface area (Å²) < 4.78 is 18.0. The average Bonchev–Trinajstić information content (AvgIpc) is 3.23. The maximum absolute atomic E-state index is 10.9. The Labute approximate surface area is 190 Å². The number of nitrogens with two attached hydrogens (primary N) is 1. The van der Waals surface area contributed by atoms with Gasteiger partial charge in [-0.05, 0) is 43.9 Å². The van der Waals surface area contributed by atoms with E-state index in [4.69, 9.17) is 24.7 Å². The molecule has 2 aromatic carbocycles. The number of pyridine rings is 1. The summed E-state index contributed by atoms with van der Waals surface area (Å²) in [6.07, 6.45) is 3.73. The van der Waals surface area contributed by atoms with E-state index in [2.05, 4.69) is 10.3 Å². The Balaban J connectivity index is 1.51. The van der Waals surface area contributed by atoms with Gasteiger partial charge in [-0.25, -0.2) is 9.78 Å². The third kappa shape index (κ3) is 4.11. The summed E-state index contributed by atoms with van der Waals surface area (Å²) in [5.74, 6) is 2.30. The second-order valence-electron chi connectivity index (χ2n) is 8.29. The summed E-state index contributed by atoms with van der Waals surface area (Å²) in [4.78, 5) is 15.3. The molecule has 0 bridgehead atoms. The highest BCUT2D eigenvalue weighted by atomic mass is 16.5. The van der Waals surface area contributed by atoms with Gasteiger partial charge in [0.1, 0.15) is 28.7 Å². The Morgan fingerprint density at radius 3 is 2.70 bits per heavy atom. The van der Waals surface area contributed by atoms with Crippen molar-refractivity contribution in [3.8, 4) is 22.8 Å². The monoisotopic (exact) mass is 447 g/mol. The highest BCUT2D eigenvalue weighted by molar-refractivity contribution is 6.05. The van der Waals surface area contributed by atoms with Crippen LogP contribution < -0.4 is 20.5 Å². The van der Waals surface area contributed by atoms with Crippen molar-refractivity contribution in [1.29, 1.82) is 0 Å². The van der Waals surface area contributed by atoms with Gasteiger partial charge in [-0.1, -0.05) is 18.2 Å². The smallest absolute Gasteiger partial charge is 0.404 e. The molecular formula is C25H25N3O5. The van der Waals surface area contributed by atoms with Crippen molar-refractivity contribution in [1.82, 2.24) is 10.3 Å². The number of methoxy groups -OCH3 is 1. The standard InChI is InChI=1S/C25H25N3O5/c1-31-22-12-17(32-16-8-6-15(7-9-16)28-25(29)30)11-18-19(13-27-24(26)23(18)22)21-10-14-4-2-3-5-20(14)33-21/h2-5,10-13,15-16,28H,6-9H2,1H3,(H2,26,27)(H,29,30). The summed E-state index contributed by atoms with van der Waals surface area (Å²) in [5, 5.41) is 14.0. The predicted molar refractivity (Wildman–Crippen MR) is 126 cm³/mol. The van der Waals surface area contributed by atoms with Crippen LogP contribution in [0.3, 0.4) is 0 Å². The molecule has 2 aromatic heterocycles. The number of para-hydroxylation sites is 1. The number of amides is 1. The quantitative estimate of drug-likeness (QED) is 0.385. The lowest BCUT2D eigenvalue weighted by molar-refractivity contribution is 0.134. The third-order valence-corrected chi connectivity index (χ3v) is 6.17. The van der Waals surface area contributed by atoms with Gasteiger partial charge < -0.3 is 30.0 Å². The molecule has 2 heterocycles. The summed E-state index contributed by atoms with van der Waals surface area (Å²) >= 11 is 0. The Morgan fingerprint density at radius 1 is 1.18 bits per heavy atom. The summed E-state index contributed by atoms with van der Waals surface area (Å²) in [7, 11) is 1.59. The first kappa shape index (κ1) is 20.9. The lowest BCUT2D eigenvalue weighted by Crippen LogP contribution is -2.38. The van der Waals surface area contributed by atoms with Crippen LogP contribution in [0.1, 0.15) is 25.7 Å². The Morgan fingerprint density at radius 2 is 1.97 bits per heavy atom. The molecule has 4 aromatic rings. The van der Waals surface area contributed by atoms with Crippen molar-refractivity contribution in [3.63, 3.8) is 0 Å². The molecule has 0 unspecified atom stereocenters. The number of fused-ring (bicyclic) bond motifs is 2. The maximum atomic E-state index is 10.9. The highest BCUT2D eigenvalue weighted by Gasteiger charge is 2.24. The zero-order valence-corrected chi connectivity index (χ0v) is 18.2. The van der Waals surface area contributed by atoms with E-state index >= 15 is 0 Å². The van der Waals surface area contributed by atoms with E-state index in [9.17, 15) is 4.79 Å². The molecule has 33 heavy (non-hydrogen) atoms. The largest absolute Gasteiger partial charge is 0.496 e. The first-order chi connectivity index (χ1) is 16.0. The lowest BCUT2D eigenvalue weighted by atomic mass is 9.93. The maximum Gasteiger partial charge on any atom is 0.404 e. The van der Waals surface area contributed by atoms with Crippen LogP contribution in [0.25, 0.3) is 33.1 Å². The minimum Gasteiger partial charge on any atom is -0.496 e. The Hall–Kier alpha value is -3.94. The van der Waals surface area contributed by atoms with Crippen molar-refractivity contribution >= 4 is 33.7 Å². The zero-order chi connectivity index (χ0) is 22.9. The Bertz CT molecular complexity index is 1290. The first-order valence-corrected chi connectivity index (χ1v) is 10.9. The number of aromatic nitrogens is 1. The molecule has 0 atom stereocenters. The molecule has 0 aliphatic heterocycles. The average molecular weight is 447 g/mol. The van der Waals surface area contributed by atoms with Crippen molar-refractivity contribution in [2.24, 2.45) is 0 Å². The molecular weight excluding hydrogens is 422 g/mol. The van der Waals surface area contributed by atoms with Crippen LogP contribution in [0.15, 0.2) is 53.1 Å². The summed E-state index contributed by atoms with van der Waals surface area (Å²) in [6, 6.07) is 13.6. The second kappa shape index (κ2) is 8.54. The molecule has 0 saturated heterocycles. The summed E-state index contributed by atoms with van der Waals surface area (Å²) in [6.45, 7) is 0. The van der Waals surface area contributed by atoms with Gasteiger partial charge in [0.2, 0.25) is 0 Å². The zero-order valence-electron chi connectivity index (χ0n) is 18.2. The van der Waals surface area contributed by atoms with E-state index in [0.29, 0.717) is 28.5 Å². The molecule has 1 amide bonds. The van der Waals surface area contributed by atoms with Crippen LogP contribution >= 0.6 is 0 Å². The van der Waals surface area contributed by atoms with Gasteiger partial charge in [0.15, 0.2) is 0 Å². The second-order valence-corrected chi connectivity index (χ2v) is 8.29. The van der Waals surface area contributed by atoms with Crippen molar-refractivity contribution in [2.45, 2.75) is 37.8 Å². The van der Waals surface area contributed by atoms with Crippen molar-refractivity contribution < 1.29 is 23.8 Å². The van der Waals surface area contributed by atoms with E-state index < -0.39 is 6.09 Å². The molecule has 0 spiro atoms. The van der Waals surface area contributed by atoms with Gasteiger partial charge in [-0.2, -0.15) is 0 Å². The van der Waals surface area contributed by atoms with Crippen molar-refractivity contribution in [2.75, 3.05) is 12.8 Å². The van der Waals surface area contributed by atoms with Gasteiger partial charge in [-0.3, -0.25) is 0 Å². The molecule has 5 rings (SSSR count). The number of rotatable bonds is 5. The predicted octanol–water partition coefficient (Wildman–Crippen LogP) is 5.20. The van der Waals surface area contributed by atoms with Crippen LogP contribution in [0.4, 0.5) is 10.6 Å². The number of nitrogens with zero attached hydrogens (tertiary/aromatic N) is 1. The van der Waals surface area contributed by atoms with Crippen LogP contribution in [-0.4, -0.2) is 35.4 Å². The minimum absolute atomic E-state index is 0.00663. The first-order valence-electron chi connectivity index (χ1n) is 10.9. The number of hydrogen-bond donors (Lipinski definition) is 3. The number of nitrogens with one attached hydrogen (secondary N) is 1. The molecule has 170 valence electrons. The van der Waals surface area contributed by atoms with Crippen LogP contribution in [0.2, 0.25) is 0 Å². The molecule has 1 saturated carbocycles. The van der Waals surface area contributed by atoms with E-state index in [1.165, 1.54) is 0 Å². The fraction of sp³-hybridized carbons (Fsp3) is 0.280. The van der Waals surface area contributed by atoms with Crippen molar-refractivity contribution in [3.05, 3.63) is 48.7 Å². The number of nitrogen functional groups attached to an aromatic ring is 1. The van der Waals surface area contributed by atoms with E-state index in [1.807, 2.05) is 42.5 Å². The van der Waals surface area contributed by atoms with Crippen LogP contribution in [0.5, 0.6) is 11.5 Å². The van der Waals surface area contributed by atoms with E-state index in [-0.39, 0.29) is 12.1 Å². The number of benzene rings is 2. The molecule has 1 fully saturated rings. The van der Waals surface area contributed by atoms with Gasteiger partial charge in [0, 0.05) is 34.6 Å². The number of hydrogen-bond acceptors (Lipinski definition) is 6. The summed E-state index contributed by atoms with van der Waals surface area (Å²) in [5.41, 5.74) is 7.82. The SMILES string of the molecule is COc1cc(OC2CCC(NC(=O)O)CC2)cc2c(-c3cc4ccccc4o3)cnc(N)c12. The van der Waals surface area contributed by atoms with Gasteiger partial charge in [0.05, 0.1) is 18.6 Å². The molecule has 8 heteroatoms. The lowest BCUT2D eigenvalue weighted by Gasteiger charge is -2.29. The molecule has 1 aliphatic rings. The van der Waals surface area contributed by atoms with E-state index in [1.54, 1.807) is 13.3 Å². The Kier molecular flexibility index (Phi) is 5.42.